The lowest BCUT2D eigenvalue weighted by Crippen LogP contribution is -2.41. The van der Waals surface area contributed by atoms with E-state index in [2.05, 4.69) is 5.32 Å². The molecule has 0 saturated carbocycles. The Morgan fingerprint density at radius 2 is 1.79 bits per heavy atom. The number of amides is 1. The average Bonchev–Trinajstić information content (AvgIpc) is 2.59. The third kappa shape index (κ3) is 3.44. The largest absolute Gasteiger partial charge is 0.356 e. The summed E-state index contributed by atoms with van der Waals surface area (Å²) in [5.74, 6) is 0.300. The van der Waals surface area contributed by atoms with E-state index >= 15 is 0 Å². The first kappa shape index (κ1) is 16.9. The molecular formula is C18H22N2O3S. The first-order chi connectivity index (χ1) is 11.5. The molecule has 1 fully saturated rings. The molecule has 2 aromatic rings. The highest BCUT2D eigenvalue weighted by Crippen LogP contribution is 2.28. The zero-order chi connectivity index (χ0) is 17.2. The molecular weight excluding hydrogens is 324 g/mol. The molecule has 24 heavy (non-hydrogen) atoms. The molecule has 2 aromatic carbocycles. The molecule has 1 saturated heterocycles. The van der Waals surface area contributed by atoms with Crippen LogP contribution in [0.2, 0.25) is 0 Å². The third-order valence-corrected chi connectivity index (χ3v) is 6.54. The second kappa shape index (κ2) is 6.91. The molecule has 5 nitrogen and oxygen atoms in total. The van der Waals surface area contributed by atoms with Crippen LogP contribution in [-0.2, 0) is 14.8 Å². The molecule has 3 rings (SSSR count). The summed E-state index contributed by atoms with van der Waals surface area (Å²) in [7, 11) is -3.50. The molecule has 0 radical (unpaired) electrons. The van der Waals surface area contributed by atoms with Gasteiger partial charge in [-0.05, 0) is 30.2 Å². The minimum atomic E-state index is -3.50. The molecule has 0 bridgehead atoms. The summed E-state index contributed by atoms with van der Waals surface area (Å²) in [6, 6.07) is 12.9. The van der Waals surface area contributed by atoms with Gasteiger partial charge in [0.05, 0.1) is 4.90 Å². The predicted octanol–water partition coefficient (Wildman–Crippen LogP) is 2.38. The van der Waals surface area contributed by atoms with Crippen LogP contribution >= 0.6 is 0 Å². The normalized spacial score (nSPS) is 17.0. The van der Waals surface area contributed by atoms with Gasteiger partial charge in [0.25, 0.3) is 0 Å². The number of piperidine rings is 1. The fourth-order valence-corrected chi connectivity index (χ4v) is 4.89. The number of nitrogens with zero attached hydrogens (tertiary/aromatic N) is 1. The lowest BCUT2D eigenvalue weighted by molar-refractivity contribution is -0.119. The average molecular weight is 346 g/mol. The van der Waals surface area contributed by atoms with E-state index in [1.807, 2.05) is 30.3 Å². The van der Waals surface area contributed by atoms with Crippen LogP contribution in [0.25, 0.3) is 10.8 Å². The van der Waals surface area contributed by atoms with Crippen molar-refractivity contribution in [3.63, 3.8) is 0 Å². The predicted molar refractivity (Wildman–Crippen MR) is 94.1 cm³/mol. The van der Waals surface area contributed by atoms with E-state index in [4.69, 9.17) is 0 Å². The van der Waals surface area contributed by atoms with Crippen LogP contribution in [0.5, 0.6) is 0 Å². The number of benzene rings is 2. The quantitative estimate of drug-likeness (QED) is 0.924. The maximum Gasteiger partial charge on any atom is 0.243 e. The van der Waals surface area contributed by atoms with Crippen molar-refractivity contribution in [3.05, 3.63) is 42.5 Å². The van der Waals surface area contributed by atoms with Crippen molar-refractivity contribution in [2.45, 2.75) is 24.7 Å². The first-order valence-corrected chi connectivity index (χ1v) is 9.65. The number of fused-ring (bicyclic) bond motifs is 1. The molecule has 1 aliphatic rings. The van der Waals surface area contributed by atoms with Crippen molar-refractivity contribution >= 4 is 26.7 Å². The fourth-order valence-electron chi connectivity index (χ4n) is 3.20. The van der Waals surface area contributed by atoms with Crippen LogP contribution in [0.3, 0.4) is 0 Å². The standard InChI is InChI=1S/C18H22N2O3S/c1-14(21)19-13-15-9-11-20(12-10-15)24(22,23)18-8-4-6-16-5-2-3-7-17(16)18/h2-8,15H,9-13H2,1H3,(H,19,21). The van der Waals surface area contributed by atoms with Crippen LogP contribution in [0.15, 0.2) is 47.4 Å². The summed E-state index contributed by atoms with van der Waals surface area (Å²) in [5, 5.41) is 4.51. The van der Waals surface area contributed by atoms with Gasteiger partial charge in [-0.25, -0.2) is 8.42 Å². The Morgan fingerprint density at radius 1 is 1.12 bits per heavy atom. The maximum absolute atomic E-state index is 13.0. The number of nitrogens with one attached hydrogen (secondary N) is 1. The number of rotatable bonds is 4. The zero-order valence-corrected chi connectivity index (χ0v) is 14.6. The lowest BCUT2D eigenvalue weighted by atomic mass is 9.98. The number of carbonyl (C=O) groups excluding carboxylic acids is 1. The smallest absolute Gasteiger partial charge is 0.243 e. The summed E-state index contributed by atoms with van der Waals surface area (Å²) < 4.78 is 27.6. The summed E-state index contributed by atoms with van der Waals surface area (Å²) in [6.45, 7) is 3.11. The Kier molecular flexibility index (Phi) is 4.87. The van der Waals surface area contributed by atoms with Crippen molar-refractivity contribution in [2.75, 3.05) is 19.6 Å². The topological polar surface area (TPSA) is 66.5 Å². The van der Waals surface area contributed by atoms with Crippen LogP contribution in [0.1, 0.15) is 19.8 Å². The van der Waals surface area contributed by atoms with Crippen LogP contribution < -0.4 is 5.32 Å². The van der Waals surface area contributed by atoms with Crippen molar-refractivity contribution < 1.29 is 13.2 Å². The third-order valence-electron chi connectivity index (χ3n) is 4.58. The summed E-state index contributed by atoms with van der Waals surface area (Å²) in [4.78, 5) is 11.4. The molecule has 0 spiro atoms. The molecule has 1 N–H and O–H groups in total. The van der Waals surface area contributed by atoms with E-state index < -0.39 is 10.0 Å². The van der Waals surface area contributed by atoms with E-state index in [1.54, 1.807) is 16.4 Å². The second-order valence-corrected chi connectivity index (χ2v) is 8.17. The SMILES string of the molecule is CC(=O)NCC1CCN(S(=O)(=O)c2cccc3ccccc23)CC1. The number of hydrogen-bond acceptors (Lipinski definition) is 3. The van der Waals surface area contributed by atoms with Gasteiger partial charge in [0.15, 0.2) is 0 Å². The molecule has 1 heterocycles. The second-order valence-electron chi connectivity index (χ2n) is 6.26. The molecule has 1 amide bonds. The minimum Gasteiger partial charge on any atom is -0.356 e. The molecule has 0 atom stereocenters. The Morgan fingerprint density at radius 3 is 2.50 bits per heavy atom. The summed E-state index contributed by atoms with van der Waals surface area (Å²) in [6.07, 6.45) is 1.54. The van der Waals surface area contributed by atoms with E-state index in [0.717, 1.165) is 23.6 Å². The Bertz CT molecular complexity index is 835. The highest BCUT2D eigenvalue weighted by Gasteiger charge is 2.30. The van der Waals surface area contributed by atoms with Crippen molar-refractivity contribution in [1.82, 2.24) is 9.62 Å². The molecule has 0 aliphatic carbocycles. The van der Waals surface area contributed by atoms with Gasteiger partial charge in [0, 0.05) is 31.9 Å². The van der Waals surface area contributed by atoms with Gasteiger partial charge in [-0.3, -0.25) is 4.79 Å². The van der Waals surface area contributed by atoms with Gasteiger partial charge in [0.1, 0.15) is 0 Å². The summed E-state index contributed by atoms with van der Waals surface area (Å²) >= 11 is 0. The van der Waals surface area contributed by atoms with Crippen LogP contribution in [0, 0.1) is 5.92 Å². The Hall–Kier alpha value is -1.92. The van der Waals surface area contributed by atoms with Crippen molar-refractivity contribution in [2.24, 2.45) is 5.92 Å². The first-order valence-electron chi connectivity index (χ1n) is 8.21. The molecule has 0 aromatic heterocycles. The van der Waals surface area contributed by atoms with Gasteiger partial charge in [-0.2, -0.15) is 4.31 Å². The number of hydrogen-bond donors (Lipinski definition) is 1. The summed E-state index contributed by atoms with van der Waals surface area (Å²) in [5.41, 5.74) is 0. The molecule has 128 valence electrons. The Labute approximate surface area is 142 Å². The van der Waals surface area contributed by atoms with Gasteiger partial charge in [-0.15, -0.1) is 0 Å². The number of carbonyl (C=O) groups is 1. The van der Waals surface area contributed by atoms with E-state index in [1.165, 1.54) is 6.92 Å². The lowest BCUT2D eigenvalue weighted by Gasteiger charge is -2.31. The molecule has 6 heteroatoms. The van der Waals surface area contributed by atoms with E-state index in [9.17, 15) is 13.2 Å². The van der Waals surface area contributed by atoms with E-state index in [0.29, 0.717) is 30.4 Å². The van der Waals surface area contributed by atoms with Gasteiger partial charge < -0.3 is 5.32 Å². The van der Waals surface area contributed by atoms with E-state index in [-0.39, 0.29) is 5.91 Å². The number of sulfonamides is 1. The molecule has 1 aliphatic heterocycles. The van der Waals surface area contributed by atoms with Crippen molar-refractivity contribution in [1.29, 1.82) is 0 Å². The van der Waals surface area contributed by atoms with Crippen LogP contribution in [0.4, 0.5) is 0 Å². The van der Waals surface area contributed by atoms with Gasteiger partial charge in [-0.1, -0.05) is 36.4 Å². The highest BCUT2D eigenvalue weighted by atomic mass is 32.2. The monoisotopic (exact) mass is 346 g/mol. The highest BCUT2D eigenvalue weighted by molar-refractivity contribution is 7.89. The maximum atomic E-state index is 13.0. The Balaban J connectivity index is 1.78. The minimum absolute atomic E-state index is 0.0409. The zero-order valence-electron chi connectivity index (χ0n) is 13.7. The van der Waals surface area contributed by atoms with Crippen LogP contribution in [-0.4, -0.2) is 38.3 Å². The van der Waals surface area contributed by atoms with Crippen molar-refractivity contribution in [3.8, 4) is 0 Å². The van der Waals surface area contributed by atoms with Gasteiger partial charge >= 0.3 is 0 Å². The molecule has 0 unspecified atom stereocenters. The fraction of sp³-hybridized carbons (Fsp3) is 0.389. The van der Waals surface area contributed by atoms with Gasteiger partial charge in [0.2, 0.25) is 15.9 Å².